The summed E-state index contributed by atoms with van der Waals surface area (Å²) in [4.78, 5) is 33.9. The normalized spacial score (nSPS) is 14.4. The van der Waals surface area contributed by atoms with Gasteiger partial charge in [-0.2, -0.15) is 0 Å². The third-order valence-electron chi connectivity index (χ3n) is 2.64. The van der Waals surface area contributed by atoms with Gasteiger partial charge in [-0.1, -0.05) is 13.8 Å². The highest BCUT2D eigenvalue weighted by Gasteiger charge is 2.42. The minimum atomic E-state index is -4.25. The molecule has 116 valence electrons. The molecule has 0 rings (SSSR count). The largest absolute Gasteiger partial charge is 0.480 e. The average molecular weight is 308 g/mol. The molecule has 0 fully saturated rings. The number of carboxylic acid groups (broad SMARTS) is 1. The monoisotopic (exact) mass is 308 g/mol. The van der Waals surface area contributed by atoms with Crippen LogP contribution >= 0.6 is 0 Å². The topological polar surface area (TPSA) is 130 Å². The molecule has 0 aromatic rings. The Morgan fingerprint density at radius 3 is 2.00 bits per heavy atom. The van der Waals surface area contributed by atoms with Gasteiger partial charge in [0.15, 0.2) is 15.1 Å². The summed E-state index contributed by atoms with van der Waals surface area (Å²) in [6.45, 7) is 5.82. The number of aliphatic carboxylic acids is 1. The minimum Gasteiger partial charge on any atom is -0.480 e. The van der Waals surface area contributed by atoms with E-state index < -0.39 is 44.2 Å². The highest BCUT2D eigenvalue weighted by molar-refractivity contribution is 7.94. The number of hydrogen-bond acceptors (Lipinski definition) is 5. The maximum atomic E-state index is 12.1. The summed E-state index contributed by atoms with van der Waals surface area (Å²) in [6.07, 6.45) is 0. The van der Waals surface area contributed by atoms with Gasteiger partial charge >= 0.3 is 12.0 Å². The Morgan fingerprint density at radius 2 is 1.65 bits per heavy atom. The van der Waals surface area contributed by atoms with E-state index in [1.54, 1.807) is 6.92 Å². The van der Waals surface area contributed by atoms with Crippen molar-refractivity contribution in [3.63, 3.8) is 0 Å². The molecule has 0 radical (unpaired) electrons. The molecule has 0 aliphatic rings. The van der Waals surface area contributed by atoms with Crippen molar-refractivity contribution in [1.29, 1.82) is 0 Å². The van der Waals surface area contributed by atoms with E-state index in [9.17, 15) is 22.8 Å². The molecule has 0 saturated carbocycles. The number of nitrogens with one attached hydrogen (secondary N) is 2. The molecule has 0 bridgehead atoms. The van der Waals surface area contributed by atoms with Gasteiger partial charge in [0.1, 0.15) is 5.25 Å². The zero-order valence-electron chi connectivity index (χ0n) is 11.8. The van der Waals surface area contributed by atoms with Gasteiger partial charge in [-0.25, -0.2) is 13.2 Å². The van der Waals surface area contributed by atoms with Crippen LogP contribution in [0.5, 0.6) is 0 Å². The predicted molar refractivity (Wildman–Crippen MR) is 71.9 cm³/mol. The van der Waals surface area contributed by atoms with E-state index >= 15 is 0 Å². The Labute approximate surface area is 117 Å². The summed E-state index contributed by atoms with van der Waals surface area (Å²) in [6, 6.07) is -0.823. The second-order valence-corrected chi connectivity index (χ2v) is 6.98. The Bertz CT molecular complexity index is 485. The van der Waals surface area contributed by atoms with Gasteiger partial charge in [0.2, 0.25) is 5.91 Å². The first-order chi connectivity index (χ1) is 9.05. The van der Waals surface area contributed by atoms with E-state index in [-0.39, 0.29) is 6.54 Å². The van der Waals surface area contributed by atoms with Gasteiger partial charge in [-0.05, 0) is 19.8 Å². The molecule has 3 N–H and O–H groups in total. The van der Waals surface area contributed by atoms with Crippen molar-refractivity contribution < 1.29 is 27.9 Å². The molecule has 0 aliphatic carbocycles. The molecule has 0 saturated heterocycles. The number of imide groups is 1. The van der Waals surface area contributed by atoms with Crippen molar-refractivity contribution in [3.05, 3.63) is 0 Å². The average Bonchev–Trinajstić information content (AvgIpc) is 2.26. The molecule has 8 nitrogen and oxygen atoms in total. The maximum Gasteiger partial charge on any atom is 0.322 e. The molecule has 3 amide bonds. The zero-order valence-corrected chi connectivity index (χ0v) is 12.7. The molecular formula is C11H20N2O6S. The van der Waals surface area contributed by atoms with Gasteiger partial charge in [0.25, 0.3) is 0 Å². The number of carboxylic acids is 1. The minimum absolute atomic E-state index is 0.268. The third-order valence-corrected chi connectivity index (χ3v) is 5.29. The molecule has 0 aromatic carbocycles. The van der Waals surface area contributed by atoms with Gasteiger partial charge in [0, 0.05) is 6.54 Å². The molecule has 0 aromatic heterocycles. The van der Waals surface area contributed by atoms with Crippen LogP contribution in [0.25, 0.3) is 0 Å². The number of rotatable bonds is 6. The molecule has 0 heterocycles. The van der Waals surface area contributed by atoms with Crippen LogP contribution < -0.4 is 10.6 Å². The predicted octanol–water partition coefficient (Wildman–Crippen LogP) is -0.255. The van der Waals surface area contributed by atoms with Crippen molar-refractivity contribution in [1.82, 2.24) is 10.6 Å². The van der Waals surface area contributed by atoms with Gasteiger partial charge < -0.3 is 10.4 Å². The third kappa shape index (κ3) is 4.48. The Morgan fingerprint density at radius 1 is 1.15 bits per heavy atom. The van der Waals surface area contributed by atoms with Crippen molar-refractivity contribution in [2.24, 2.45) is 5.92 Å². The Balaban J connectivity index is 5.15. The van der Waals surface area contributed by atoms with Crippen molar-refractivity contribution in [2.45, 2.75) is 38.2 Å². The molecule has 0 aliphatic heterocycles. The highest BCUT2D eigenvalue weighted by Crippen LogP contribution is 2.18. The van der Waals surface area contributed by atoms with E-state index in [1.807, 2.05) is 5.32 Å². The van der Waals surface area contributed by atoms with Crippen LogP contribution in [0.3, 0.4) is 0 Å². The van der Waals surface area contributed by atoms with E-state index in [1.165, 1.54) is 13.8 Å². The maximum absolute atomic E-state index is 12.1. The van der Waals surface area contributed by atoms with Gasteiger partial charge in [0.05, 0.1) is 0 Å². The molecule has 2 atom stereocenters. The van der Waals surface area contributed by atoms with Crippen LogP contribution in [0.2, 0.25) is 0 Å². The second kappa shape index (κ2) is 7.22. The summed E-state index contributed by atoms with van der Waals surface area (Å²) in [7, 11) is -4.25. The smallest absolute Gasteiger partial charge is 0.322 e. The van der Waals surface area contributed by atoms with Crippen LogP contribution in [-0.4, -0.2) is 48.5 Å². The van der Waals surface area contributed by atoms with E-state index in [2.05, 4.69) is 5.32 Å². The van der Waals surface area contributed by atoms with Crippen LogP contribution in [0.4, 0.5) is 4.79 Å². The molecular weight excluding hydrogens is 288 g/mol. The summed E-state index contributed by atoms with van der Waals surface area (Å²) >= 11 is 0. The standard InChI is InChI=1S/C11H20N2O6S/c1-5-12-11(17)13-9(14)7(4)20(18,19)8(6(2)3)10(15)16/h6-8H,5H2,1-4H3,(H,15,16)(H2,12,13,14,17). The van der Waals surface area contributed by atoms with Crippen LogP contribution in [0.1, 0.15) is 27.7 Å². The quantitative estimate of drug-likeness (QED) is 0.620. The van der Waals surface area contributed by atoms with Crippen LogP contribution in [-0.2, 0) is 19.4 Å². The van der Waals surface area contributed by atoms with E-state index in [0.29, 0.717) is 0 Å². The molecule has 0 spiro atoms. The summed E-state index contributed by atoms with van der Waals surface area (Å²) in [5.74, 6) is -3.27. The number of urea groups is 1. The fraction of sp³-hybridized carbons (Fsp3) is 0.727. The molecule has 2 unspecified atom stereocenters. The van der Waals surface area contributed by atoms with Gasteiger partial charge in [-0.15, -0.1) is 0 Å². The lowest BCUT2D eigenvalue weighted by Gasteiger charge is -2.20. The van der Waals surface area contributed by atoms with Crippen LogP contribution in [0.15, 0.2) is 0 Å². The fourth-order valence-electron chi connectivity index (χ4n) is 1.59. The van der Waals surface area contributed by atoms with Crippen molar-refractivity contribution in [2.75, 3.05) is 6.54 Å². The lowest BCUT2D eigenvalue weighted by molar-refractivity contribution is -0.137. The van der Waals surface area contributed by atoms with E-state index in [4.69, 9.17) is 5.11 Å². The van der Waals surface area contributed by atoms with Crippen molar-refractivity contribution >= 4 is 27.7 Å². The lowest BCUT2D eigenvalue weighted by Crippen LogP contribution is -2.49. The van der Waals surface area contributed by atoms with Crippen molar-refractivity contribution in [3.8, 4) is 0 Å². The first kappa shape index (κ1) is 18.4. The van der Waals surface area contributed by atoms with Crippen LogP contribution in [0, 0.1) is 5.92 Å². The molecule has 20 heavy (non-hydrogen) atoms. The number of sulfone groups is 1. The van der Waals surface area contributed by atoms with Gasteiger partial charge in [-0.3, -0.25) is 14.9 Å². The number of amides is 3. The highest BCUT2D eigenvalue weighted by atomic mass is 32.2. The Hall–Kier alpha value is -1.64. The summed E-state index contributed by atoms with van der Waals surface area (Å²) in [5, 5.41) is 9.79. The van der Waals surface area contributed by atoms with E-state index in [0.717, 1.165) is 6.92 Å². The summed E-state index contributed by atoms with van der Waals surface area (Å²) < 4.78 is 24.2. The number of hydrogen-bond donors (Lipinski definition) is 3. The first-order valence-electron chi connectivity index (χ1n) is 6.09. The molecule has 9 heteroatoms. The lowest BCUT2D eigenvalue weighted by atomic mass is 10.1. The Kier molecular flexibility index (Phi) is 6.63. The SMILES string of the molecule is CCNC(=O)NC(=O)C(C)S(=O)(=O)C(C(=O)O)C(C)C. The number of carbonyl (C=O) groups excluding carboxylic acids is 2. The summed E-state index contributed by atoms with van der Waals surface area (Å²) in [5.41, 5.74) is 0. The first-order valence-corrected chi connectivity index (χ1v) is 7.70. The zero-order chi connectivity index (χ0) is 16.1. The fourth-order valence-corrected chi connectivity index (χ4v) is 3.43. The number of carbonyl (C=O) groups is 3. The second-order valence-electron chi connectivity index (χ2n) is 4.58.